The van der Waals surface area contributed by atoms with Crippen molar-refractivity contribution < 1.29 is 9.18 Å². The van der Waals surface area contributed by atoms with Gasteiger partial charge in [-0.3, -0.25) is 4.79 Å². The molecule has 2 atom stereocenters. The van der Waals surface area contributed by atoms with Gasteiger partial charge in [0.2, 0.25) is 5.91 Å². The summed E-state index contributed by atoms with van der Waals surface area (Å²) >= 11 is 0. The largest absolute Gasteiger partial charge is 0.369 e. The fourth-order valence-corrected chi connectivity index (χ4v) is 2.46. The van der Waals surface area contributed by atoms with Crippen molar-refractivity contribution in [3.8, 4) is 6.07 Å². The second-order valence-electron chi connectivity index (χ2n) is 4.51. The van der Waals surface area contributed by atoms with Crippen molar-refractivity contribution in [3.05, 3.63) is 29.6 Å². The summed E-state index contributed by atoms with van der Waals surface area (Å²) in [7, 11) is 0. The Morgan fingerprint density at radius 2 is 2.33 bits per heavy atom. The van der Waals surface area contributed by atoms with Crippen molar-refractivity contribution in [3.63, 3.8) is 0 Å². The van der Waals surface area contributed by atoms with E-state index in [-0.39, 0.29) is 23.4 Å². The first-order valence-corrected chi connectivity index (χ1v) is 5.80. The fourth-order valence-electron chi connectivity index (χ4n) is 2.46. The molecular weight excluding hydrogens is 233 g/mol. The average molecular weight is 247 g/mol. The molecule has 1 aliphatic rings. The molecule has 18 heavy (non-hydrogen) atoms. The number of nitrogens with two attached hydrogens (primary N) is 1. The molecule has 0 radical (unpaired) electrons. The van der Waals surface area contributed by atoms with Crippen molar-refractivity contribution in [2.45, 2.75) is 19.4 Å². The third kappa shape index (κ3) is 2.02. The Hall–Kier alpha value is -2.09. The highest BCUT2D eigenvalue weighted by molar-refractivity contribution is 5.79. The molecule has 1 heterocycles. The number of amides is 1. The van der Waals surface area contributed by atoms with Crippen molar-refractivity contribution >= 4 is 11.6 Å². The van der Waals surface area contributed by atoms with Crippen LogP contribution in [0.4, 0.5) is 10.1 Å². The number of halogens is 1. The zero-order valence-corrected chi connectivity index (χ0v) is 10.1. The van der Waals surface area contributed by atoms with Gasteiger partial charge >= 0.3 is 0 Å². The van der Waals surface area contributed by atoms with E-state index in [4.69, 9.17) is 11.0 Å². The Morgan fingerprint density at radius 3 is 2.89 bits per heavy atom. The highest BCUT2D eigenvalue weighted by Gasteiger charge is 2.34. The van der Waals surface area contributed by atoms with E-state index in [2.05, 4.69) is 0 Å². The number of carbonyl (C=O) groups is 1. The second kappa shape index (κ2) is 4.65. The van der Waals surface area contributed by atoms with Crippen LogP contribution in [0.15, 0.2) is 18.2 Å². The van der Waals surface area contributed by atoms with Crippen LogP contribution in [0.1, 0.15) is 18.9 Å². The minimum atomic E-state index is -0.528. The molecule has 0 saturated carbocycles. The predicted octanol–water partition coefficient (Wildman–Crippen LogP) is 1.40. The molecule has 94 valence electrons. The lowest BCUT2D eigenvalue weighted by Crippen LogP contribution is -2.35. The SMILES string of the molecule is C[C@H]1C(C(N)=O)CCN1c1ccc(F)c(C#N)c1. The van der Waals surface area contributed by atoms with Gasteiger partial charge in [0, 0.05) is 18.3 Å². The number of benzene rings is 1. The second-order valence-corrected chi connectivity index (χ2v) is 4.51. The molecule has 1 aliphatic heterocycles. The summed E-state index contributed by atoms with van der Waals surface area (Å²) in [6, 6.07) is 6.19. The maximum atomic E-state index is 13.2. The van der Waals surface area contributed by atoms with Crippen LogP contribution in [0.3, 0.4) is 0 Å². The summed E-state index contributed by atoms with van der Waals surface area (Å²) in [6.45, 7) is 2.60. The number of hydrogen-bond donors (Lipinski definition) is 1. The van der Waals surface area contributed by atoms with Crippen LogP contribution in [-0.4, -0.2) is 18.5 Å². The van der Waals surface area contributed by atoms with Gasteiger partial charge in [-0.25, -0.2) is 4.39 Å². The third-order valence-electron chi connectivity index (χ3n) is 3.52. The molecule has 1 aromatic rings. The number of carbonyl (C=O) groups excluding carboxylic acids is 1. The Labute approximate surface area is 105 Å². The van der Waals surface area contributed by atoms with E-state index >= 15 is 0 Å². The van der Waals surface area contributed by atoms with Gasteiger partial charge in [0.1, 0.15) is 11.9 Å². The topological polar surface area (TPSA) is 70.1 Å². The molecule has 0 aliphatic carbocycles. The lowest BCUT2D eigenvalue weighted by atomic mass is 10.0. The predicted molar refractivity (Wildman–Crippen MR) is 65.2 cm³/mol. The van der Waals surface area contributed by atoms with Gasteiger partial charge in [-0.15, -0.1) is 0 Å². The maximum absolute atomic E-state index is 13.2. The van der Waals surface area contributed by atoms with Crippen molar-refractivity contribution in [1.29, 1.82) is 5.26 Å². The zero-order valence-electron chi connectivity index (χ0n) is 10.1. The number of primary amides is 1. The van der Waals surface area contributed by atoms with Crippen LogP contribution >= 0.6 is 0 Å². The average Bonchev–Trinajstić information content (AvgIpc) is 2.72. The Balaban J connectivity index is 2.29. The van der Waals surface area contributed by atoms with Crippen LogP contribution in [0.5, 0.6) is 0 Å². The molecule has 1 amide bonds. The van der Waals surface area contributed by atoms with Crippen LogP contribution in [-0.2, 0) is 4.79 Å². The van der Waals surface area contributed by atoms with Crippen molar-refractivity contribution in [2.75, 3.05) is 11.4 Å². The summed E-state index contributed by atoms with van der Waals surface area (Å²) in [6.07, 6.45) is 0.690. The van der Waals surface area contributed by atoms with Crippen LogP contribution in [0.2, 0.25) is 0 Å². The van der Waals surface area contributed by atoms with Gasteiger partial charge in [-0.2, -0.15) is 5.26 Å². The molecule has 5 heteroatoms. The number of anilines is 1. The van der Waals surface area contributed by atoms with Gasteiger partial charge in [-0.05, 0) is 31.5 Å². The molecule has 0 aromatic heterocycles. The van der Waals surface area contributed by atoms with E-state index in [1.165, 1.54) is 12.1 Å². The Morgan fingerprint density at radius 1 is 1.61 bits per heavy atom. The monoisotopic (exact) mass is 247 g/mol. The van der Waals surface area contributed by atoms with Crippen molar-refractivity contribution in [2.24, 2.45) is 11.7 Å². The standard InChI is InChI=1S/C13H14FN3O/c1-8-11(13(16)18)4-5-17(8)10-2-3-12(14)9(6-10)7-15/h2-3,6,8,11H,4-5H2,1H3,(H2,16,18)/t8-,11?/m0/s1. The summed E-state index contributed by atoms with van der Waals surface area (Å²) < 4.78 is 13.2. The van der Waals surface area contributed by atoms with Crippen molar-refractivity contribution in [1.82, 2.24) is 0 Å². The highest BCUT2D eigenvalue weighted by atomic mass is 19.1. The van der Waals surface area contributed by atoms with Crippen LogP contribution < -0.4 is 10.6 Å². The lowest BCUT2D eigenvalue weighted by molar-refractivity contribution is -0.121. The normalized spacial score (nSPS) is 22.8. The fraction of sp³-hybridized carbons (Fsp3) is 0.385. The van der Waals surface area contributed by atoms with E-state index in [0.29, 0.717) is 13.0 Å². The van der Waals surface area contributed by atoms with E-state index in [1.807, 2.05) is 17.9 Å². The first-order valence-electron chi connectivity index (χ1n) is 5.80. The number of nitrogens with zero attached hydrogens (tertiary/aromatic N) is 2. The van der Waals surface area contributed by atoms with E-state index in [1.54, 1.807) is 6.07 Å². The Kier molecular flexibility index (Phi) is 3.19. The summed E-state index contributed by atoms with van der Waals surface area (Å²) in [4.78, 5) is 13.2. The summed E-state index contributed by atoms with van der Waals surface area (Å²) in [5, 5.41) is 8.81. The molecular formula is C13H14FN3O. The van der Waals surface area contributed by atoms with E-state index in [9.17, 15) is 9.18 Å². The van der Waals surface area contributed by atoms with E-state index in [0.717, 1.165) is 5.69 Å². The molecule has 1 fully saturated rings. The molecule has 0 bridgehead atoms. The summed E-state index contributed by atoms with van der Waals surface area (Å²) in [5.41, 5.74) is 6.10. The van der Waals surface area contributed by atoms with Gasteiger partial charge in [-0.1, -0.05) is 0 Å². The third-order valence-corrected chi connectivity index (χ3v) is 3.52. The first kappa shape index (κ1) is 12.4. The first-order chi connectivity index (χ1) is 8.54. The minimum absolute atomic E-state index is 0.0159. The maximum Gasteiger partial charge on any atom is 0.222 e. The van der Waals surface area contributed by atoms with Gasteiger partial charge in [0.25, 0.3) is 0 Å². The van der Waals surface area contributed by atoms with Gasteiger partial charge < -0.3 is 10.6 Å². The van der Waals surface area contributed by atoms with Gasteiger partial charge in [0.05, 0.1) is 11.5 Å². The molecule has 4 nitrogen and oxygen atoms in total. The lowest BCUT2D eigenvalue weighted by Gasteiger charge is -2.25. The summed E-state index contributed by atoms with van der Waals surface area (Å²) in [5.74, 6) is -1.03. The molecule has 2 rings (SSSR count). The van der Waals surface area contributed by atoms with Crippen LogP contribution in [0.25, 0.3) is 0 Å². The van der Waals surface area contributed by atoms with Gasteiger partial charge in [0.15, 0.2) is 0 Å². The number of rotatable bonds is 2. The smallest absolute Gasteiger partial charge is 0.222 e. The highest BCUT2D eigenvalue weighted by Crippen LogP contribution is 2.30. The Bertz CT molecular complexity index is 523. The molecule has 2 N–H and O–H groups in total. The van der Waals surface area contributed by atoms with E-state index < -0.39 is 5.82 Å². The molecule has 1 unspecified atom stereocenters. The molecule has 1 aromatic carbocycles. The molecule has 1 saturated heterocycles. The quantitative estimate of drug-likeness (QED) is 0.858. The zero-order chi connectivity index (χ0) is 13.3. The number of hydrogen-bond acceptors (Lipinski definition) is 3. The minimum Gasteiger partial charge on any atom is -0.369 e. The molecule has 0 spiro atoms. The van der Waals surface area contributed by atoms with Crippen LogP contribution in [0, 0.1) is 23.1 Å². The number of nitriles is 1.